The third kappa shape index (κ3) is 6.11. The first-order valence-corrected chi connectivity index (χ1v) is 13.6. The molecule has 1 aliphatic heterocycles. The highest BCUT2D eigenvalue weighted by atomic mass is 32.2. The molecule has 0 radical (unpaired) electrons. The zero-order chi connectivity index (χ0) is 26.0. The van der Waals surface area contributed by atoms with Crippen LogP contribution in [0.1, 0.15) is 32.3 Å². The van der Waals surface area contributed by atoms with Crippen LogP contribution in [0.5, 0.6) is 0 Å². The first-order valence-electron chi connectivity index (χ1n) is 12.1. The van der Waals surface area contributed by atoms with Crippen LogP contribution in [0.15, 0.2) is 30.6 Å². The Hall–Kier alpha value is -2.83. The van der Waals surface area contributed by atoms with Gasteiger partial charge in [-0.3, -0.25) is 19.6 Å². The highest BCUT2D eigenvalue weighted by molar-refractivity contribution is 7.93. The summed E-state index contributed by atoms with van der Waals surface area (Å²) in [6.07, 6.45) is 5.93. The van der Waals surface area contributed by atoms with Crippen LogP contribution < -0.4 is 20.5 Å². The van der Waals surface area contributed by atoms with E-state index in [1.54, 1.807) is 6.20 Å². The maximum atomic E-state index is 15.1. The lowest BCUT2D eigenvalue weighted by atomic mass is 10.1. The average molecular weight is 522 g/mol. The Kier molecular flexibility index (Phi) is 7.76. The summed E-state index contributed by atoms with van der Waals surface area (Å²) in [6.45, 7) is 7.42. The lowest BCUT2D eigenvalue weighted by molar-refractivity contribution is 0.248. The van der Waals surface area contributed by atoms with Gasteiger partial charge in [-0.25, -0.2) is 23.0 Å². The number of nitrogens with one attached hydrogen (secondary N) is 2. The Labute approximate surface area is 210 Å². The fourth-order valence-electron chi connectivity index (χ4n) is 4.11. The molecule has 1 saturated carbocycles. The fourth-order valence-corrected chi connectivity index (χ4v) is 4.81. The van der Waals surface area contributed by atoms with Crippen LogP contribution in [0.4, 0.5) is 25.8 Å². The molecule has 0 atom stereocenters. The Bertz CT molecular complexity index is 1210. The van der Waals surface area contributed by atoms with Gasteiger partial charge in [0.15, 0.2) is 11.6 Å². The Morgan fingerprint density at radius 2 is 1.92 bits per heavy atom. The molecule has 2 heterocycles. The van der Waals surface area contributed by atoms with Crippen molar-refractivity contribution in [2.24, 2.45) is 11.8 Å². The largest absolute Gasteiger partial charge is 0.368 e. The summed E-state index contributed by atoms with van der Waals surface area (Å²) in [5, 5.41) is 8.44. The number of halogens is 2. The fraction of sp³-hybridized carbons (Fsp3) is 0.500. The van der Waals surface area contributed by atoms with E-state index in [-0.39, 0.29) is 12.3 Å². The van der Waals surface area contributed by atoms with E-state index in [4.69, 9.17) is 11.3 Å². The molecule has 2 aliphatic rings. The molecule has 0 amide bonds. The van der Waals surface area contributed by atoms with Crippen molar-refractivity contribution in [3.63, 3.8) is 0 Å². The summed E-state index contributed by atoms with van der Waals surface area (Å²) >= 11 is 0. The third-order valence-corrected chi connectivity index (χ3v) is 8.32. The molecule has 0 spiro atoms. The molecular formula is C24H33F2N7O2S. The number of sulfonamides is 1. The summed E-state index contributed by atoms with van der Waals surface area (Å²) in [5.74, 6) is 4.71. The average Bonchev–Trinajstić information content (AvgIpc) is 3.65. The molecule has 1 saturated heterocycles. The topological polar surface area (TPSA) is 119 Å². The van der Waals surface area contributed by atoms with E-state index < -0.39 is 38.3 Å². The summed E-state index contributed by atoms with van der Waals surface area (Å²) in [5.41, 5.74) is 0.354. The van der Waals surface area contributed by atoms with Crippen LogP contribution in [-0.2, 0) is 10.0 Å². The molecule has 1 aromatic carbocycles. The molecule has 36 heavy (non-hydrogen) atoms. The van der Waals surface area contributed by atoms with E-state index in [9.17, 15) is 12.8 Å². The van der Waals surface area contributed by atoms with Gasteiger partial charge in [0, 0.05) is 44.5 Å². The van der Waals surface area contributed by atoms with Gasteiger partial charge < -0.3 is 10.3 Å². The number of nitrogens with zero attached hydrogens (tertiary/aromatic N) is 4. The highest BCUT2D eigenvalue weighted by Gasteiger charge is 2.27. The zero-order valence-electron chi connectivity index (χ0n) is 20.5. The molecule has 4 rings (SSSR count). The molecule has 12 heteroatoms. The number of hydrazine groups is 1. The van der Waals surface area contributed by atoms with E-state index in [2.05, 4.69) is 19.5 Å². The highest BCUT2D eigenvalue weighted by Crippen LogP contribution is 2.31. The second-order valence-electron chi connectivity index (χ2n) is 9.72. The number of benzene rings is 1. The van der Waals surface area contributed by atoms with Crippen LogP contribution in [0, 0.1) is 23.0 Å². The molecule has 9 nitrogen and oxygen atoms in total. The van der Waals surface area contributed by atoms with E-state index in [1.807, 2.05) is 6.07 Å². The number of hydrogen-bond donors (Lipinski definition) is 3. The van der Waals surface area contributed by atoms with E-state index in [0.29, 0.717) is 5.56 Å². The number of rotatable bonds is 10. The van der Waals surface area contributed by atoms with Gasteiger partial charge in [0.2, 0.25) is 10.0 Å². The second-order valence-corrected chi connectivity index (χ2v) is 12.0. The number of anilines is 3. The Morgan fingerprint density at radius 1 is 1.22 bits per heavy atom. The van der Waals surface area contributed by atoms with Crippen molar-refractivity contribution in [2.75, 3.05) is 53.9 Å². The minimum atomic E-state index is -3.85. The van der Waals surface area contributed by atoms with Gasteiger partial charge in [-0.15, -0.1) is 0 Å². The molecule has 1 aliphatic carbocycles. The van der Waals surface area contributed by atoms with Gasteiger partial charge in [-0.2, -0.15) is 0 Å². The molecule has 0 unspecified atom stereocenters. The third-order valence-electron chi connectivity index (χ3n) is 6.58. The lowest BCUT2D eigenvalue weighted by Crippen LogP contribution is -2.47. The smallest absolute Gasteiger partial charge is 0.235 e. The molecule has 4 N–H and O–H groups in total. The number of aromatic nitrogens is 1. The monoisotopic (exact) mass is 521 g/mol. The van der Waals surface area contributed by atoms with Crippen molar-refractivity contribution in [3.8, 4) is 0 Å². The molecule has 2 fully saturated rings. The molecular weight excluding hydrogens is 488 g/mol. The van der Waals surface area contributed by atoms with Crippen molar-refractivity contribution >= 4 is 32.8 Å². The normalized spacial score (nSPS) is 16.9. The van der Waals surface area contributed by atoms with Gasteiger partial charge in [-0.05, 0) is 50.8 Å². The second kappa shape index (κ2) is 10.7. The van der Waals surface area contributed by atoms with Crippen molar-refractivity contribution in [1.29, 1.82) is 5.41 Å². The number of hydrogen-bond acceptors (Lipinski definition) is 8. The van der Waals surface area contributed by atoms with Crippen LogP contribution in [0.3, 0.4) is 0 Å². The molecule has 196 valence electrons. The van der Waals surface area contributed by atoms with Crippen molar-refractivity contribution in [1.82, 2.24) is 9.88 Å². The maximum absolute atomic E-state index is 15.1. The van der Waals surface area contributed by atoms with Gasteiger partial charge in [0.25, 0.3) is 0 Å². The number of piperazine rings is 1. The summed E-state index contributed by atoms with van der Waals surface area (Å²) in [7, 11) is -3.85. The standard InChI is InChI=1S/C24H33F2N7O2S/c1-16(2)36(34,35)30-22-6-5-20(25)24(23(22)26)33(28)15-21(27)18-11-19(13-29-12-18)32-9-7-31(8-10-32)14-17-3-4-17/h5-6,11-13,16-17,27,30H,3-4,7-10,14-15,28H2,1-2H3. The van der Waals surface area contributed by atoms with E-state index >= 15 is 4.39 Å². The van der Waals surface area contributed by atoms with E-state index in [1.165, 1.54) is 32.9 Å². The van der Waals surface area contributed by atoms with Gasteiger partial charge in [0.05, 0.1) is 35.1 Å². The van der Waals surface area contributed by atoms with Crippen LogP contribution in [0.25, 0.3) is 0 Å². The Balaban J connectivity index is 1.44. The van der Waals surface area contributed by atoms with Gasteiger partial charge in [0.1, 0.15) is 5.69 Å². The summed E-state index contributed by atoms with van der Waals surface area (Å²) < 4.78 is 56.0. The van der Waals surface area contributed by atoms with Crippen molar-refractivity contribution in [3.05, 3.63) is 47.8 Å². The Morgan fingerprint density at radius 3 is 2.56 bits per heavy atom. The minimum Gasteiger partial charge on any atom is -0.368 e. The molecule has 1 aromatic heterocycles. The zero-order valence-corrected chi connectivity index (χ0v) is 21.4. The first kappa shape index (κ1) is 26.2. The van der Waals surface area contributed by atoms with E-state index in [0.717, 1.165) is 61.5 Å². The predicted octanol–water partition coefficient (Wildman–Crippen LogP) is 2.79. The predicted molar refractivity (Wildman–Crippen MR) is 138 cm³/mol. The SMILES string of the molecule is CC(C)S(=O)(=O)Nc1ccc(F)c(N(N)CC(=N)c2cncc(N3CCN(CC4CC4)CC3)c2)c1F. The van der Waals surface area contributed by atoms with Crippen LogP contribution in [-0.4, -0.2) is 68.5 Å². The summed E-state index contributed by atoms with van der Waals surface area (Å²) in [6, 6.07) is 3.77. The molecule has 0 bridgehead atoms. The van der Waals surface area contributed by atoms with Gasteiger partial charge in [-0.1, -0.05) is 0 Å². The van der Waals surface area contributed by atoms with Crippen LogP contribution in [0.2, 0.25) is 0 Å². The first-order chi connectivity index (χ1) is 17.0. The number of nitrogens with two attached hydrogens (primary N) is 1. The van der Waals surface area contributed by atoms with Crippen molar-refractivity contribution < 1.29 is 17.2 Å². The quantitative estimate of drug-likeness (QED) is 0.250. The molecule has 2 aromatic rings. The lowest BCUT2D eigenvalue weighted by Gasteiger charge is -2.36. The van der Waals surface area contributed by atoms with Crippen molar-refractivity contribution in [2.45, 2.75) is 31.9 Å². The van der Waals surface area contributed by atoms with Crippen LogP contribution >= 0.6 is 0 Å². The number of pyridine rings is 1. The summed E-state index contributed by atoms with van der Waals surface area (Å²) in [4.78, 5) is 8.97. The van der Waals surface area contributed by atoms with Gasteiger partial charge >= 0.3 is 0 Å². The minimum absolute atomic E-state index is 0.0196. The maximum Gasteiger partial charge on any atom is 0.235 e.